The van der Waals surface area contributed by atoms with Gasteiger partial charge in [0.15, 0.2) is 0 Å². The molecule has 2 aromatic carbocycles. The van der Waals surface area contributed by atoms with Gasteiger partial charge in [-0.2, -0.15) is 0 Å². The molecule has 0 aromatic heterocycles. The zero-order chi connectivity index (χ0) is 14.5. The van der Waals surface area contributed by atoms with Crippen molar-refractivity contribution in [3.63, 3.8) is 0 Å². The summed E-state index contributed by atoms with van der Waals surface area (Å²) in [5, 5.41) is 6.18. The Morgan fingerprint density at radius 2 is 1.80 bits per heavy atom. The lowest BCUT2D eigenvalue weighted by Crippen LogP contribution is -2.32. The summed E-state index contributed by atoms with van der Waals surface area (Å²) in [7, 11) is 0. The van der Waals surface area contributed by atoms with Gasteiger partial charge in [0.05, 0.1) is 5.69 Å². The first-order valence-electron chi connectivity index (χ1n) is 6.14. The number of anilines is 2. The van der Waals surface area contributed by atoms with Gasteiger partial charge in [-0.3, -0.25) is 4.79 Å². The second-order valence-electron chi connectivity index (χ2n) is 4.34. The number of hydrogen-bond acceptors (Lipinski definition) is 2. The van der Waals surface area contributed by atoms with E-state index in [1.165, 1.54) is 12.1 Å². The van der Waals surface area contributed by atoms with Crippen LogP contribution in [0.2, 0.25) is 5.02 Å². The highest BCUT2D eigenvalue weighted by atomic mass is 35.5. The number of hydrogen-bond donors (Lipinski definition) is 2. The molecule has 0 heterocycles. The first kappa shape index (κ1) is 14.3. The predicted octanol–water partition coefficient (Wildman–Crippen LogP) is 3.92. The van der Waals surface area contributed by atoms with Crippen molar-refractivity contribution in [1.29, 1.82) is 0 Å². The molecule has 5 heteroatoms. The number of rotatable bonds is 4. The topological polar surface area (TPSA) is 41.1 Å². The molecular formula is C15H14ClFN2O. The van der Waals surface area contributed by atoms with E-state index in [1.54, 1.807) is 43.3 Å². The summed E-state index contributed by atoms with van der Waals surface area (Å²) < 4.78 is 13.4. The zero-order valence-corrected chi connectivity index (χ0v) is 11.6. The Balaban J connectivity index is 1.99. The number of nitrogens with one attached hydrogen (secondary N) is 2. The summed E-state index contributed by atoms with van der Waals surface area (Å²) >= 11 is 5.79. The normalized spacial score (nSPS) is 11.8. The first-order chi connectivity index (χ1) is 9.56. The van der Waals surface area contributed by atoms with Crippen LogP contribution >= 0.6 is 11.6 Å². The van der Waals surface area contributed by atoms with Crippen LogP contribution in [-0.2, 0) is 4.79 Å². The molecule has 0 unspecified atom stereocenters. The summed E-state index contributed by atoms with van der Waals surface area (Å²) in [5.41, 5.74) is 0.938. The average molecular weight is 293 g/mol. The molecular weight excluding hydrogens is 279 g/mol. The van der Waals surface area contributed by atoms with Gasteiger partial charge < -0.3 is 10.6 Å². The van der Waals surface area contributed by atoms with Gasteiger partial charge in [-0.05, 0) is 43.3 Å². The van der Waals surface area contributed by atoms with Gasteiger partial charge in [0.2, 0.25) is 5.91 Å². The van der Waals surface area contributed by atoms with Crippen molar-refractivity contribution in [3.05, 3.63) is 59.4 Å². The SMILES string of the molecule is C[C@@H](Nc1ccc(Cl)cc1)C(=O)Nc1ccccc1F. The molecule has 2 N–H and O–H groups in total. The van der Waals surface area contributed by atoms with E-state index < -0.39 is 11.9 Å². The van der Waals surface area contributed by atoms with E-state index in [1.807, 2.05) is 0 Å². The maximum absolute atomic E-state index is 13.4. The fraction of sp³-hybridized carbons (Fsp3) is 0.133. The van der Waals surface area contributed by atoms with E-state index in [-0.39, 0.29) is 11.6 Å². The van der Waals surface area contributed by atoms with Crippen LogP contribution in [0, 0.1) is 5.82 Å². The van der Waals surface area contributed by atoms with E-state index >= 15 is 0 Å². The summed E-state index contributed by atoms with van der Waals surface area (Å²) in [6, 6.07) is 12.5. The van der Waals surface area contributed by atoms with Crippen LogP contribution in [0.15, 0.2) is 48.5 Å². The second-order valence-corrected chi connectivity index (χ2v) is 4.78. The van der Waals surface area contributed by atoms with Crippen LogP contribution in [0.5, 0.6) is 0 Å². The maximum Gasteiger partial charge on any atom is 0.246 e. The second kappa shape index (κ2) is 6.39. The third-order valence-electron chi connectivity index (χ3n) is 2.75. The van der Waals surface area contributed by atoms with Crippen molar-refractivity contribution in [2.24, 2.45) is 0 Å². The Bertz CT molecular complexity index is 601. The van der Waals surface area contributed by atoms with Crippen LogP contribution in [0.25, 0.3) is 0 Å². The molecule has 2 aromatic rings. The molecule has 1 atom stereocenters. The molecule has 0 bridgehead atoms. The Labute approximate surface area is 121 Å². The third kappa shape index (κ3) is 3.71. The molecule has 104 valence electrons. The van der Waals surface area contributed by atoms with Gasteiger partial charge in [0.25, 0.3) is 0 Å². The molecule has 0 aliphatic rings. The Hall–Kier alpha value is -2.07. The fourth-order valence-corrected chi connectivity index (χ4v) is 1.79. The molecule has 0 radical (unpaired) electrons. The average Bonchev–Trinajstić information content (AvgIpc) is 2.44. The highest BCUT2D eigenvalue weighted by Crippen LogP contribution is 2.16. The first-order valence-corrected chi connectivity index (χ1v) is 6.51. The number of halogens is 2. The summed E-state index contributed by atoms with van der Waals surface area (Å²) in [6.45, 7) is 1.70. The molecule has 0 fully saturated rings. The molecule has 0 saturated carbocycles. The lowest BCUT2D eigenvalue weighted by Gasteiger charge is -2.15. The predicted molar refractivity (Wildman–Crippen MR) is 79.6 cm³/mol. The van der Waals surface area contributed by atoms with Crippen LogP contribution < -0.4 is 10.6 Å². The standard InChI is InChI=1S/C15H14ClFN2O/c1-10(18-12-8-6-11(16)7-9-12)15(20)19-14-5-3-2-4-13(14)17/h2-10,18H,1H3,(H,19,20)/t10-/m1/s1. The maximum atomic E-state index is 13.4. The molecule has 0 saturated heterocycles. The van der Waals surface area contributed by atoms with Gasteiger partial charge in [-0.25, -0.2) is 4.39 Å². The molecule has 1 amide bonds. The lowest BCUT2D eigenvalue weighted by atomic mass is 10.2. The smallest absolute Gasteiger partial charge is 0.246 e. The highest BCUT2D eigenvalue weighted by Gasteiger charge is 2.14. The van der Waals surface area contributed by atoms with Crippen molar-refractivity contribution in [3.8, 4) is 0 Å². The monoisotopic (exact) mass is 292 g/mol. The summed E-state index contributed by atoms with van der Waals surface area (Å²) in [4.78, 5) is 12.0. The van der Waals surface area contributed by atoms with E-state index in [9.17, 15) is 9.18 Å². The molecule has 0 aliphatic heterocycles. The number of amides is 1. The minimum Gasteiger partial charge on any atom is -0.374 e. The van der Waals surface area contributed by atoms with Crippen LogP contribution in [0.4, 0.5) is 15.8 Å². The van der Waals surface area contributed by atoms with Crippen molar-refractivity contribution >= 4 is 28.9 Å². The van der Waals surface area contributed by atoms with Crippen LogP contribution in [0.1, 0.15) is 6.92 Å². The van der Waals surface area contributed by atoms with Crippen molar-refractivity contribution < 1.29 is 9.18 Å². The van der Waals surface area contributed by atoms with E-state index in [0.717, 1.165) is 5.69 Å². The largest absolute Gasteiger partial charge is 0.374 e. The summed E-state index contributed by atoms with van der Waals surface area (Å²) in [6.07, 6.45) is 0. The number of para-hydroxylation sites is 1. The lowest BCUT2D eigenvalue weighted by molar-refractivity contribution is -0.116. The molecule has 3 nitrogen and oxygen atoms in total. The fourth-order valence-electron chi connectivity index (χ4n) is 1.67. The van der Waals surface area contributed by atoms with Gasteiger partial charge >= 0.3 is 0 Å². The van der Waals surface area contributed by atoms with Gasteiger partial charge in [0.1, 0.15) is 11.9 Å². The number of carbonyl (C=O) groups is 1. The molecule has 0 aliphatic carbocycles. The molecule has 20 heavy (non-hydrogen) atoms. The van der Waals surface area contributed by atoms with E-state index in [2.05, 4.69) is 10.6 Å². The van der Waals surface area contributed by atoms with Crippen LogP contribution in [-0.4, -0.2) is 11.9 Å². The molecule has 0 spiro atoms. The number of carbonyl (C=O) groups excluding carboxylic acids is 1. The Kier molecular flexibility index (Phi) is 4.58. The molecule has 2 rings (SSSR count). The quantitative estimate of drug-likeness (QED) is 0.897. The van der Waals surface area contributed by atoms with Gasteiger partial charge in [-0.1, -0.05) is 23.7 Å². The van der Waals surface area contributed by atoms with Crippen LogP contribution in [0.3, 0.4) is 0 Å². The van der Waals surface area contributed by atoms with Gasteiger partial charge in [0, 0.05) is 10.7 Å². The van der Waals surface area contributed by atoms with Crippen molar-refractivity contribution in [2.45, 2.75) is 13.0 Å². The summed E-state index contributed by atoms with van der Waals surface area (Å²) in [5.74, 6) is -0.774. The third-order valence-corrected chi connectivity index (χ3v) is 3.00. The van der Waals surface area contributed by atoms with E-state index in [4.69, 9.17) is 11.6 Å². The van der Waals surface area contributed by atoms with E-state index in [0.29, 0.717) is 5.02 Å². The Morgan fingerprint density at radius 1 is 1.15 bits per heavy atom. The van der Waals surface area contributed by atoms with Crippen molar-refractivity contribution in [2.75, 3.05) is 10.6 Å². The minimum absolute atomic E-state index is 0.169. The van der Waals surface area contributed by atoms with Gasteiger partial charge in [-0.15, -0.1) is 0 Å². The highest BCUT2D eigenvalue weighted by molar-refractivity contribution is 6.30. The Morgan fingerprint density at radius 3 is 2.45 bits per heavy atom. The zero-order valence-electron chi connectivity index (χ0n) is 10.9. The number of benzene rings is 2. The minimum atomic E-state index is -0.504. The van der Waals surface area contributed by atoms with Crippen molar-refractivity contribution in [1.82, 2.24) is 0 Å².